The first-order chi connectivity index (χ1) is 9.18. The molecule has 1 aromatic heterocycles. The summed E-state index contributed by atoms with van der Waals surface area (Å²) < 4.78 is 0. The lowest BCUT2D eigenvalue weighted by molar-refractivity contribution is 0.492. The molecule has 0 spiro atoms. The number of rotatable bonds is 2. The third-order valence-electron chi connectivity index (χ3n) is 4.19. The van der Waals surface area contributed by atoms with Gasteiger partial charge in [0.05, 0.1) is 0 Å². The average molecular weight is 255 g/mol. The van der Waals surface area contributed by atoms with E-state index in [2.05, 4.69) is 48.0 Å². The zero-order valence-electron chi connectivity index (χ0n) is 11.6. The van der Waals surface area contributed by atoms with Gasteiger partial charge in [0.1, 0.15) is 5.82 Å². The lowest BCUT2D eigenvalue weighted by Crippen LogP contribution is -2.33. The van der Waals surface area contributed by atoms with Crippen molar-refractivity contribution >= 4 is 22.3 Å². The molecule has 100 valence electrons. The molecule has 1 saturated heterocycles. The van der Waals surface area contributed by atoms with Gasteiger partial charge in [0.15, 0.2) is 0 Å². The Morgan fingerprint density at radius 3 is 2.89 bits per heavy atom. The van der Waals surface area contributed by atoms with E-state index >= 15 is 0 Å². The van der Waals surface area contributed by atoms with Gasteiger partial charge in [-0.1, -0.05) is 26.0 Å². The van der Waals surface area contributed by atoms with Crippen LogP contribution in [0, 0.1) is 5.92 Å². The molecule has 0 radical (unpaired) electrons. The highest BCUT2D eigenvalue weighted by atomic mass is 15.2. The van der Waals surface area contributed by atoms with Crippen LogP contribution in [0.5, 0.6) is 0 Å². The molecule has 1 fully saturated rings. The Balaban J connectivity index is 2.12. The van der Waals surface area contributed by atoms with E-state index in [4.69, 9.17) is 5.73 Å². The fourth-order valence-corrected chi connectivity index (χ4v) is 3.25. The van der Waals surface area contributed by atoms with E-state index in [1.165, 1.54) is 23.9 Å². The summed E-state index contributed by atoms with van der Waals surface area (Å²) in [7, 11) is 0. The maximum absolute atomic E-state index is 5.99. The number of nitrogens with two attached hydrogens (primary N) is 1. The van der Waals surface area contributed by atoms with Gasteiger partial charge in [0.2, 0.25) is 0 Å². The Hall–Kier alpha value is -1.77. The topological polar surface area (TPSA) is 42.1 Å². The van der Waals surface area contributed by atoms with Gasteiger partial charge in [0, 0.05) is 35.2 Å². The van der Waals surface area contributed by atoms with Gasteiger partial charge in [-0.05, 0) is 30.9 Å². The standard InChI is InChI=1S/C16H21N3/c1-11(2)14-7-4-10-19(14)15-6-3-5-13-12(15)8-9-18-16(13)17/h3,5-6,8-9,11,14H,4,7,10H2,1-2H3,(H2,17,18)/t14-/m1/s1. The normalized spacial score (nSPS) is 19.5. The van der Waals surface area contributed by atoms with Crippen LogP contribution in [0.3, 0.4) is 0 Å². The molecule has 2 N–H and O–H groups in total. The van der Waals surface area contributed by atoms with Crippen LogP contribution in [0.2, 0.25) is 0 Å². The molecule has 3 rings (SSSR count). The van der Waals surface area contributed by atoms with Crippen molar-refractivity contribution in [2.45, 2.75) is 32.7 Å². The number of anilines is 2. The highest BCUT2D eigenvalue weighted by Gasteiger charge is 2.28. The van der Waals surface area contributed by atoms with E-state index in [1.807, 2.05) is 6.20 Å². The van der Waals surface area contributed by atoms with Crippen LogP contribution in [0.4, 0.5) is 11.5 Å². The molecule has 1 aliphatic heterocycles. The molecule has 1 aliphatic rings. The summed E-state index contributed by atoms with van der Waals surface area (Å²) in [5.74, 6) is 1.30. The number of aromatic nitrogens is 1. The van der Waals surface area contributed by atoms with Gasteiger partial charge in [-0.15, -0.1) is 0 Å². The van der Waals surface area contributed by atoms with Crippen molar-refractivity contribution in [2.75, 3.05) is 17.2 Å². The quantitative estimate of drug-likeness (QED) is 0.893. The largest absolute Gasteiger partial charge is 0.383 e. The number of nitrogen functional groups attached to an aromatic ring is 1. The van der Waals surface area contributed by atoms with Crippen LogP contribution >= 0.6 is 0 Å². The SMILES string of the molecule is CC(C)[C@H]1CCCN1c1cccc2c(N)nccc12. The highest BCUT2D eigenvalue weighted by Crippen LogP contribution is 2.35. The van der Waals surface area contributed by atoms with E-state index in [-0.39, 0.29) is 0 Å². The average Bonchev–Trinajstić information content (AvgIpc) is 2.88. The monoisotopic (exact) mass is 255 g/mol. The fraction of sp³-hybridized carbons (Fsp3) is 0.438. The minimum Gasteiger partial charge on any atom is -0.383 e. The lowest BCUT2D eigenvalue weighted by atomic mass is 10.0. The molecule has 3 nitrogen and oxygen atoms in total. The van der Waals surface area contributed by atoms with E-state index in [0.29, 0.717) is 17.8 Å². The van der Waals surface area contributed by atoms with Crippen LogP contribution in [0.15, 0.2) is 30.5 Å². The first kappa shape index (κ1) is 12.3. The molecular formula is C16H21N3. The number of pyridine rings is 1. The second-order valence-electron chi connectivity index (χ2n) is 5.72. The Labute approximate surface area is 114 Å². The first-order valence-corrected chi connectivity index (χ1v) is 7.08. The third kappa shape index (κ3) is 2.03. The molecule has 0 aliphatic carbocycles. The lowest BCUT2D eigenvalue weighted by Gasteiger charge is -2.30. The predicted molar refractivity (Wildman–Crippen MR) is 81.4 cm³/mol. The van der Waals surface area contributed by atoms with Gasteiger partial charge in [0.25, 0.3) is 0 Å². The van der Waals surface area contributed by atoms with Crippen LogP contribution in [0.25, 0.3) is 10.8 Å². The summed E-state index contributed by atoms with van der Waals surface area (Å²) in [6, 6.07) is 9.08. The van der Waals surface area contributed by atoms with Crippen LogP contribution in [-0.2, 0) is 0 Å². The van der Waals surface area contributed by atoms with Gasteiger partial charge in [-0.3, -0.25) is 0 Å². The van der Waals surface area contributed by atoms with Gasteiger partial charge >= 0.3 is 0 Å². The molecule has 0 bridgehead atoms. The smallest absolute Gasteiger partial charge is 0.131 e. The second kappa shape index (κ2) is 4.72. The first-order valence-electron chi connectivity index (χ1n) is 7.08. The van der Waals surface area contributed by atoms with Crippen molar-refractivity contribution in [3.63, 3.8) is 0 Å². The Kier molecular flexibility index (Phi) is 3.05. The molecule has 19 heavy (non-hydrogen) atoms. The van der Waals surface area contributed by atoms with Gasteiger partial charge in [-0.25, -0.2) is 4.98 Å². The molecule has 1 aromatic carbocycles. The Morgan fingerprint density at radius 1 is 1.26 bits per heavy atom. The maximum atomic E-state index is 5.99. The van der Waals surface area contributed by atoms with E-state index < -0.39 is 0 Å². The number of nitrogens with zero attached hydrogens (tertiary/aromatic N) is 2. The zero-order chi connectivity index (χ0) is 13.4. The summed E-state index contributed by atoms with van der Waals surface area (Å²) >= 11 is 0. The van der Waals surface area contributed by atoms with Crippen molar-refractivity contribution in [2.24, 2.45) is 5.92 Å². The van der Waals surface area contributed by atoms with Crippen molar-refractivity contribution in [1.82, 2.24) is 4.98 Å². The maximum Gasteiger partial charge on any atom is 0.131 e. The summed E-state index contributed by atoms with van der Waals surface area (Å²) in [5.41, 5.74) is 7.30. The predicted octanol–water partition coefficient (Wildman–Crippen LogP) is 3.44. The van der Waals surface area contributed by atoms with Crippen LogP contribution in [-0.4, -0.2) is 17.6 Å². The summed E-state index contributed by atoms with van der Waals surface area (Å²) in [6.45, 7) is 5.76. The second-order valence-corrected chi connectivity index (χ2v) is 5.72. The molecule has 0 unspecified atom stereocenters. The van der Waals surface area contributed by atoms with E-state index in [0.717, 1.165) is 11.9 Å². The highest BCUT2D eigenvalue weighted by molar-refractivity contribution is 5.99. The van der Waals surface area contributed by atoms with Crippen molar-refractivity contribution in [3.05, 3.63) is 30.5 Å². The molecular weight excluding hydrogens is 234 g/mol. The number of hydrogen-bond donors (Lipinski definition) is 1. The molecule has 3 heteroatoms. The Morgan fingerprint density at radius 2 is 2.11 bits per heavy atom. The Bertz CT molecular complexity index is 592. The molecule has 0 amide bonds. The fourth-order valence-electron chi connectivity index (χ4n) is 3.25. The molecule has 1 atom stereocenters. The molecule has 2 aromatic rings. The minimum atomic E-state index is 0.625. The van der Waals surface area contributed by atoms with Crippen molar-refractivity contribution in [3.8, 4) is 0 Å². The summed E-state index contributed by atoms with van der Waals surface area (Å²) in [5, 5.41) is 2.29. The van der Waals surface area contributed by atoms with Crippen molar-refractivity contribution < 1.29 is 0 Å². The minimum absolute atomic E-state index is 0.625. The van der Waals surface area contributed by atoms with Gasteiger partial charge < -0.3 is 10.6 Å². The number of hydrogen-bond acceptors (Lipinski definition) is 3. The van der Waals surface area contributed by atoms with Crippen LogP contribution in [0.1, 0.15) is 26.7 Å². The van der Waals surface area contributed by atoms with E-state index in [9.17, 15) is 0 Å². The van der Waals surface area contributed by atoms with E-state index in [1.54, 1.807) is 0 Å². The molecule has 2 heterocycles. The van der Waals surface area contributed by atoms with Crippen LogP contribution < -0.4 is 10.6 Å². The zero-order valence-corrected chi connectivity index (χ0v) is 11.6. The number of fused-ring (bicyclic) bond motifs is 1. The number of benzene rings is 1. The van der Waals surface area contributed by atoms with Gasteiger partial charge in [-0.2, -0.15) is 0 Å². The summed E-state index contributed by atoms with van der Waals surface area (Å²) in [6.07, 6.45) is 4.37. The third-order valence-corrected chi connectivity index (χ3v) is 4.19. The van der Waals surface area contributed by atoms with Crippen molar-refractivity contribution in [1.29, 1.82) is 0 Å². The summed E-state index contributed by atoms with van der Waals surface area (Å²) in [4.78, 5) is 6.74. The molecule has 0 saturated carbocycles.